The van der Waals surface area contributed by atoms with Gasteiger partial charge in [0.2, 0.25) is 5.91 Å². The third kappa shape index (κ3) is 3.75. The normalized spacial score (nSPS) is 16.9. The molecule has 1 N–H and O–H groups in total. The van der Waals surface area contributed by atoms with Gasteiger partial charge in [-0.3, -0.25) is 4.79 Å². The molecule has 1 aromatic rings. The molecule has 1 aliphatic rings. The number of nitrogens with zero attached hydrogens (tertiary/aromatic N) is 1. The molecule has 1 fully saturated rings. The molecule has 20 heavy (non-hydrogen) atoms. The maximum atomic E-state index is 12.4. The van der Waals surface area contributed by atoms with Crippen LogP contribution >= 0.6 is 15.9 Å². The van der Waals surface area contributed by atoms with Gasteiger partial charge in [0, 0.05) is 23.2 Å². The summed E-state index contributed by atoms with van der Waals surface area (Å²) in [5, 5.41) is 3.37. The second-order valence-electron chi connectivity index (χ2n) is 5.41. The van der Waals surface area contributed by atoms with Crippen LogP contribution in [0.5, 0.6) is 0 Å². The van der Waals surface area contributed by atoms with Crippen molar-refractivity contribution in [3.8, 4) is 0 Å². The Balaban J connectivity index is 2.03. The van der Waals surface area contributed by atoms with Gasteiger partial charge in [0.05, 0.1) is 0 Å². The first kappa shape index (κ1) is 15.4. The van der Waals surface area contributed by atoms with Gasteiger partial charge >= 0.3 is 0 Å². The van der Waals surface area contributed by atoms with Gasteiger partial charge < -0.3 is 10.2 Å². The third-order valence-electron chi connectivity index (χ3n) is 3.86. The first-order chi connectivity index (χ1) is 9.61. The highest BCUT2D eigenvalue weighted by Gasteiger charge is 2.22. The fourth-order valence-corrected chi connectivity index (χ4v) is 3.09. The van der Waals surface area contributed by atoms with E-state index in [1.54, 1.807) is 0 Å². The van der Waals surface area contributed by atoms with Crippen molar-refractivity contribution in [2.75, 3.05) is 18.4 Å². The zero-order chi connectivity index (χ0) is 14.5. The summed E-state index contributed by atoms with van der Waals surface area (Å²) >= 11 is 3.49. The molecule has 1 heterocycles. The van der Waals surface area contributed by atoms with E-state index in [-0.39, 0.29) is 11.9 Å². The van der Waals surface area contributed by atoms with Crippen molar-refractivity contribution in [1.29, 1.82) is 0 Å². The third-order valence-corrected chi connectivity index (χ3v) is 4.35. The summed E-state index contributed by atoms with van der Waals surface area (Å²) in [5.74, 6) is 0.217. The number of piperidine rings is 1. The Labute approximate surface area is 129 Å². The number of benzene rings is 1. The largest absolute Gasteiger partial charge is 0.374 e. The van der Waals surface area contributed by atoms with E-state index in [0.717, 1.165) is 42.5 Å². The molecule has 1 unspecified atom stereocenters. The molecule has 0 aromatic heterocycles. The summed E-state index contributed by atoms with van der Waals surface area (Å²) < 4.78 is 1.08. The summed E-state index contributed by atoms with van der Waals surface area (Å²) in [6, 6.07) is 6.00. The van der Waals surface area contributed by atoms with Crippen LogP contribution in [0.25, 0.3) is 0 Å². The Kier molecular flexibility index (Phi) is 5.46. The van der Waals surface area contributed by atoms with Crippen LogP contribution in [0.3, 0.4) is 0 Å². The topological polar surface area (TPSA) is 32.3 Å². The van der Waals surface area contributed by atoms with Crippen molar-refractivity contribution >= 4 is 27.5 Å². The quantitative estimate of drug-likeness (QED) is 0.904. The van der Waals surface area contributed by atoms with E-state index in [1.165, 1.54) is 12.0 Å². The molecule has 110 valence electrons. The minimum absolute atomic E-state index is 0.167. The van der Waals surface area contributed by atoms with E-state index in [2.05, 4.69) is 34.2 Å². The van der Waals surface area contributed by atoms with Gasteiger partial charge in [-0.2, -0.15) is 0 Å². The zero-order valence-corrected chi connectivity index (χ0v) is 13.9. The van der Waals surface area contributed by atoms with E-state index in [1.807, 2.05) is 24.0 Å². The van der Waals surface area contributed by atoms with Crippen LogP contribution in [0, 0.1) is 0 Å². The van der Waals surface area contributed by atoms with Crippen molar-refractivity contribution in [3.05, 3.63) is 28.2 Å². The van der Waals surface area contributed by atoms with Crippen molar-refractivity contribution in [2.24, 2.45) is 0 Å². The molecule has 1 saturated heterocycles. The standard InChI is InChI=1S/C16H23BrN2O/c1-3-13-11-14(17)7-8-15(13)18-12(2)16(20)19-9-5-4-6-10-19/h7-8,11-12,18H,3-6,9-10H2,1-2H3. The second kappa shape index (κ2) is 7.11. The maximum Gasteiger partial charge on any atom is 0.244 e. The number of aryl methyl sites for hydroxylation is 1. The Bertz CT molecular complexity index is 470. The first-order valence-corrected chi connectivity index (χ1v) is 8.25. The number of hydrogen-bond acceptors (Lipinski definition) is 2. The first-order valence-electron chi connectivity index (χ1n) is 7.45. The molecule has 1 aliphatic heterocycles. The number of nitrogens with one attached hydrogen (secondary N) is 1. The van der Waals surface area contributed by atoms with Crippen molar-refractivity contribution in [2.45, 2.75) is 45.6 Å². The van der Waals surface area contributed by atoms with Crippen LogP contribution in [0.1, 0.15) is 38.7 Å². The van der Waals surface area contributed by atoms with Gasteiger partial charge in [-0.25, -0.2) is 0 Å². The van der Waals surface area contributed by atoms with E-state index in [4.69, 9.17) is 0 Å². The molecule has 0 spiro atoms. The number of likely N-dealkylation sites (tertiary alicyclic amines) is 1. The Morgan fingerprint density at radius 1 is 1.35 bits per heavy atom. The van der Waals surface area contributed by atoms with Crippen LogP contribution in [-0.4, -0.2) is 29.9 Å². The molecule has 0 bridgehead atoms. The minimum atomic E-state index is -0.167. The van der Waals surface area contributed by atoms with Crippen LogP contribution in [0.2, 0.25) is 0 Å². The van der Waals surface area contributed by atoms with Gasteiger partial charge in [-0.15, -0.1) is 0 Å². The van der Waals surface area contributed by atoms with Crippen LogP contribution in [0.15, 0.2) is 22.7 Å². The molecule has 4 heteroatoms. The van der Waals surface area contributed by atoms with Gasteiger partial charge in [-0.05, 0) is 56.4 Å². The Morgan fingerprint density at radius 3 is 2.70 bits per heavy atom. The summed E-state index contributed by atoms with van der Waals surface area (Å²) in [6.07, 6.45) is 4.47. The monoisotopic (exact) mass is 338 g/mol. The molecule has 2 rings (SSSR count). The predicted octanol–water partition coefficient (Wildman–Crippen LogP) is 3.82. The Morgan fingerprint density at radius 2 is 2.05 bits per heavy atom. The SMILES string of the molecule is CCc1cc(Br)ccc1NC(C)C(=O)N1CCCCC1. The average molecular weight is 339 g/mol. The molecule has 0 radical (unpaired) electrons. The number of amides is 1. The summed E-state index contributed by atoms with van der Waals surface area (Å²) in [7, 11) is 0. The van der Waals surface area contributed by atoms with Gasteiger partial charge in [0.15, 0.2) is 0 Å². The minimum Gasteiger partial charge on any atom is -0.374 e. The zero-order valence-electron chi connectivity index (χ0n) is 12.3. The maximum absolute atomic E-state index is 12.4. The lowest BCUT2D eigenvalue weighted by atomic mass is 10.1. The molecule has 0 saturated carbocycles. The fraction of sp³-hybridized carbons (Fsp3) is 0.562. The molecular weight excluding hydrogens is 316 g/mol. The van der Waals surface area contributed by atoms with E-state index >= 15 is 0 Å². The van der Waals surface area contributed by atoms with Gasteiger partial charge in [-0.1, -0.05) is 22.9 Å². The number of hydrogen-bond donors (Lipinski definition) is 1. The van der Waals surface area contributed by atoms with Crippen LogP contribution in [0.4, 0.5) is 5.69 Å². The highest BCUT2D eigenvalue weighted by molar-refractivity contribution is 9.10. The van der Waals surface area contributed by atoms with E-state index in [9.17, 15) is 4.79 Å². The highest BCUT2D eigenvalue weighted by Crippen LogP contribution is 2.22. The summed E-state index contributed by atoms with van der Waals surface area (Å²) in [5.41, 5.74) is 2.30. The summed E-state index contributed by atoms with van der Waals surface area (Å²) in [4.78, 5) is 14.4. The van der Waals surface area contributed by atoms with Gasteiger partial charge in [0.25, 0.3) is 0 Å². The second-order valence-corrected chi connectivity index (χ2v) is 6.32. The van der Waals surface area contributed by atoms with Crippen molar-refractivity contribution < 1.29 is 4.79 Å². The van der Waals surface area contributed by atoms with E-state index < -0.39 is 0 Å². The lowest BCUT2D eigenvalue weighted by molar-refractivity contribution is -0.132. The molecule has 1 aromatic carbocycles. The average Bonchev–Trinajstić information content (AvgIpc) is 2.49. The molecule has 3 nitrogen and oxygen atoms in total. The lowest BCUT2D eigenvalue weighted by Gasteiger charge is -2.30. The molecule has 1 amide bonds. The number of carbonyl (C=O) groups is 1. The summed E-state index contributed by atoms with van der Waals surface area (Å²) in [6.45, 7) is 5.90. The molecule has 1 atom stereocenters. The number of carbonyl (C=O) groups excluding carboxylic acids is 1. The highest BCUT2D eigenvalue weighted by atomic mass is 79.9. The lowest BCUT2D eigenvalue weighted by Crippen LogP contribution is -2.44. The van der Waals surface area contributed by atoms with Crippen molar-refractivity contribution in [3.63, 3.8) is 0 Å². The fourth-order valence-electron chi connectivity index (χ4n) is 2.68. The smallest absolute Gasteiger partial charge is 0.244 e. The molecule has 0 aliphatic carbocycles. The van der Waals surface area contributed by atoms with Gasteiger partial charge in [0.1, 0.15) is 6.04 Å². The number of halogens is 1. The Hall–Kier alpha value is -1.03. The van der Waals surface area contributed by atoms with E-state index in [0.29, 0.717) is 0 Å². The predicted molar refractivity (Wildman–Crippen MR) is 87.0 cm³/mol. The number of anilines is 1. The number of rotatable bonds is 4. The van der Waals surface area contributed by atoms with Crippen molar-refractivity contribution in [1.82, 2.24) is 4.90 Å². The van der Waals surface area contributed by atoms with Crippen LogP contribution in [-0.2, 0) is 11.2 Å². The van der Waals surface area contributed by atoms with Crippen LogP contribution < -0.4 is 5.32 Å². The molecular formula is C16H23BrN2O.